The van der Waals surface area contributed by atoms with E-state index in [1.807, 2.05) is 0 Å². The van der Waals surface area contributed by atoms with Gasteiger partial charge in [0.1, 0.15) is 23.3 Å². The van der Waals surface area contributed by atoms with E-state index in [-0.39, 0.29) is 16.8 Å². The zero-order valence-electron chi connectivity index (χ0n) is 13.6. The number of benzene rings is 3. The Labute approximate surface area is 149 Å². The highest BCUT2D eigenvalue weighted by molar-refractivity contribution is 6.23. The number of H-pyrrole nitrogens is 2. The average Bonchev–Trinajstić information content (AvgIpc) is 3.06. The van der Waals surface area contributed by atoms with E-state index in [9.17, 15) is 18.0 Å². The van der Waals surface area contributed by atoms with Crippen LogP contribution in [0.3, 0.4) is 0 Å². The molecule has 0 unspecified atom stereocenters. The number of rotatable bonds is 1. The van der Waals surface area contributed by atoms with Crippen LogP contribution in [-0.2, 0) is 0 Å². The van der Waals surface area contributed by atoms with Crippen LogP contribution in [-0.4, -0.2) is 15.0 Å². The topological polar surface area (TPSA) is 61.5 Å². The first-order valence-corrected chi connectivity index (χ1v) is 8.11. The molecule has 3 aromatic carbocycles. The molecule has 0 saturated heterocycles. The van der Waals surface area contributed by atoms with E-state index in [2.05, 4.69) is 15.0 Å². The van der Waals surface area contributed by atoms with Crippen LogP contribution in [0.25, 0.3) is 44.0 Å². The van der Waals surface area contributed by atoms with E-state index >= 15 is 0 Å². The maximum atomic E-state index is 14.2. The van der Waals surface area contributed by atoms with Gasteiger partial charge in [0.05, 0.1) is 22.0 Å². The molecule has 4 nitrogen and oxygen atoms in total. The van der Waals surface area contributed by atoms with Crippen molar-refractivity contribution in [3.8, 4) is 11.4 Å². The molecule has 2 N–H and O–H groups in total. The second-order valence-electron chi connectivity index (χ2n) is 6.19. The Balaban J connectivity index is 2.02. The second kappa shape index (κ2) is 5.44. The van der Waals surface area contributed by atoms with Crippen LogP contribution in [0.2, 0.25) is 0 Å². The summed E-state index contributed by atoms with van der Waals surface area (Å²) in [6.07, 6.45) is 1.45. The minimum Gasteiger partial charge on any atom is -0.337 e. The molecule has 5 aromatic rings. The van der Waals surface area contributed by atoms with Crippen LogP contribution in [0.4, 0.5) is 13.2 Å². The monoisotopic (exact) mass is 365 g/mol. The van der Waals surface area contributed by atoms with Crippen molar-refractivity contribution >= 4 is 32.6 Å². The predicted octanol–water partition coefficient (Wildman–Crippen LogP) is 4.64. The normalized spacial score (nSPS) is 11.7. The summed E-state index contributed by atoms with van der Waals surface area (Å²) in [5.74, 6) is -2.01. The summed E-state index contributed by atoms with van der Waals surface area (Å²) in [5.41, 5.74) is 0.169. The minimum atomic E-state index is -0.758. The van der Waals surface area contributed by atoms with Gasteiger partial charge < -0.3 is 9.97 Å². The summed E-state index contributed by atoms with van der Waals surface area (Å²) in [5, 5.41) is 1.66. The third-order valence-electron chi connectivity index (χ3n) is 4.64. The van der Waals surface area contributed by atoms with Crippen molar-refractivity contribution in [2.75, 3.05) is 0 Å². The Bertz CT molecular complexity index is 1420. The average molecular weight is 365 g/mol. The number of hydrogen-bond acceptors (Lipinski definition) is 2. The molecule has 5 rings (SSSR count). The van der Waals surface area contributed by atoms with Gasteiger partial charge in [-0.05, 0) is 36.4 Å². The molecule has 2 heterocycles. The lowest BCUT2D eigenvalue weighted by Crippen LogP contribution is -2.05. The highest BCUT2D eigenvalue weighted by Crippen LogP contribution is 2.35. The summed E-state index contributed by atoms with van der Waals surface area (Å²) in [4.78, 5) is 22.3. The lowest BCUT2D eigenvalue weighted by atomic mass is 10.0. The second-order valence-corrected chi connectivity index (χ2v) is 6.19. The number of pyridine rings is 1. The van der Waals surface area contributed by atoms with E-state index in [4.69, 9.17) is 0 Å². The van der Waals surface area contributed by atoms with Crippen LogP contribution < -0.4 is 5.56 Å². The molecule has 7 heteroatoms. The molecule has 2 aromatic heterocycles. The lowest BCUT2D eigenvalue weighted by Gasteiger charge is -2.05. The molecule has 27 heavy (non-hydrogen) atoms. The van der Waals surface area contributed by atoms with Gasteiger partial charge in [0.25, 0.3) is 5.56 Å². The van der Waals surface area contributed by atoms with Crippen molar-refractivity contribution < 1.29 is 13.2 Å². The predicted molar refractivity (Wildman–Crippen MR) is 97.0 cm³/mol. The number of aromatic amines is 2. The van der Waals surface area contributed by atoms with Crippen molar-refractivity contribution in [2.45, 2.75) is 0 Å². The fourth-order valence-corrected chi connectivity index (χ4v) is 3.49. The molecule has 0 radical (unpaired) electrons. The Hall–Kier alpha value is -3.61. The van der Waals surface area contributed by atoms with Gasteiger partial charge in [0.15, 0.2) is 0 Å². The minimum absolute atomic E-state index is 0.000920. The summed E-state index contributed by atoms with van der Waals surface area (Å²) in [6.45, 7) is 0. The smallest absolute Gasteiger partial charge is 0.256 e. The molecule has 0 amide bonds. The van der Waals surface area contributed by atoms with E-state index in [1.54, 1.807) is 6.07 Å². The molecular weight excluding hydrogens is 355 g/mol. The molecular formula is C20H10F3N3O. The molecule has 0 atom stereocenters. The van der Waals surface area contributed by atoms with Crippen molar-refractivity contribution in [3.63, 3.8) is 0 Å². The van der Waals surface area contributed by atoms with Crippen molar-refractivity contribution in [3.05, 3.63) is 76.5 Å². The molecule has 0 fully saturated rings. The fraction of sp³-hybridized carbons (Fsp3) is 0. The first kappa shape index (κ1) is 15.6. The van der Waals surface area contributed by atoms with E-state index in [0.29, 0.717) is 27.2 Å². The number of halogens is 3. The largest absolute Gasteiger partial charge is 0.337 e. The van der Waals surface area contributed by atoms with Crippen LogP contribution in [0.5, 0.6) is 0 Å². The number of fused-ring (bicyclic) bond motifs is 6. The number of nitrogens with zero attached hydrogens (tertiary/aromatic N) is 1. The highest BCUT2D eigenvalue weighted by atomic mass is 19.1. The number of imidazole rings is 1. The summed E-state index contributed by atoms with van der Waals surface area (Å²) in [7, 11) is 0. The fourth-order valence-electron chi connectivity index (χ4n) is 3.49. The molecule has 132 valence electrons. The first-order valence-electron chi connectivity index (χ1n) is 8.11. The number of aromatic nitrogens is 3. The maximum Gasteiger partial charge on any atom is 0.256 e. The first-order chi connectivity index (χ1) is 13.0. The standard InChI is InChI=1S/C20H10F3N3O/c21-9-4-5-10-12(8-9)15-11(6-7-24-20(15)27)18-17(10)25-19(26-18)16-13(22)2-1-3-14(16)23/h1-8H,(H,24,27)(H,25,26). The summed E-state index contributed by atoms with van der Waals surface area (Å²) >= 11 is 0. The van der Waals surface area contributed by atoms with E-state index in [0.717, 1.165) is 12.1 Å². The zero-order chi connectivity index (χ0) is 18.7. The maximum absolute atomic E-state index is 14.2. The zero-order valence-corrected chi connectivity index (χ0v) is 13.6. The van der Waals surface area contributed by atoms with Gasteiger partial charge in [-0.15, -0.1) is 0 Å². The van der Waals surface area contributed by atoms with Crippen LogP contribution in [0.1, 0.15) is 0 Å². The van der Waals surface area contributed by atoms with E-state index < -0.39 is 23.0 Å². The number of nitrogens with one attached hydrogen (secondary N) is 2. The van der Waals surface area contributed by atoms with Gasteiger partial charge in [0, 0.05) is 22.4 Å². The van der Waals surface area contributed by atoms with Gasteiger partial charge in [-0.25, -0.2) is 18.2 Å². The van der Waals surface area contributed by atoms with Gasteiger partial charge in [-0.1, -0.05) is 6.07 Å². The van der Waals surface area contributed by atoms with Gasteiger partial charge in [-0.2, -0.15) is 0 Å². The van der Waals surface area contributed by atoms with Gasteiger partial charge in [-0.3, -0.25) is 4.79 Å². The third kappa shape index (κ3) is 2.18. The van der Waals surface area contributed by atoms with Crippen molar-refractivity contribution in [1.29, 1.82) is 0 Å². The molecule has 0 saturated carbocycles. The van der Waals surface area contributed by atoms with Gasteiger partial charge in [0.2, 0.25) is 0 Å². The number of hydrogen-bond donors (Lipinski definition) is 2. The van der Waals surface area contributed by atoms with Crippen molar-refractivity contribution in [2.24, 2.45) is 0 Å². The summed E-state index contributed by atoms with van der Waals surface area (Å²) < 4.78 is 42.2. The van der Waals surface area contributed by atoms with Crippen molar-refractivity contribution in [1.82, 2.24) is 15.0 Å². The van der Waals surface area contributed by atoms with Gasteiger partial charge >= 0.3 is 0 Å². The van der Waals surface area contributed by atoms with E-state index in [1.165, 1.54) is 30.5 Å². The Morgan fingerprint density at radius 2 is 1.67 bits per heavy atom. The molecule has 0 aliphatic rings. The third-order valence-corrected chi connectivity index (χ3v) is 4.64. The van der Waals surface area contributed by atoms with Crippen LogP contribution >= 0.6 is 0 Å². The summed E-state index contributed by atoms with van der Waals surface area (Å²) in [6, 6.07) is 9.21. The molecule has 0 aliphatic heterocycles. The molecule has 0 bridgehead atoms. The van der Waals surface area contributed by atoms with Crippen LogP contribution in [0, 0.1) is 17.5 Å². The molecule has 0 spiro atoms. The Kier molecular flexibility index (Phi) is 3.15. The highest BCUT2D eigenvalue weighted by Gasteiger charge is 2.19. The Morgan fingerprint density at radius 3 is 2.44 bits per heavy atom. The lowest BCUT2D eigenvalue weighted by molar-refractivity contribution is 0.588. The quantitative estimate of drug-likeness (QED) is 0.425. The SMILES string of the molecule is O=c1[nH]ccc2c3nc(-c4c(F)cccc4F)[nH]c3c3ccc(F)cc3c12. The molecule has 0 aliphatic carbocycles. The Morgan fingerprint density at radius 1 is 0.889 bits per heavy atom. The van der Waals surface area contributed by atoms with Crippen LogP contribution in [0.15, 0.2) is 53.5 Å².